The quantitative estimate of drug-likeness (QED) is 0.0757. The van der Waals surface area contributed by atoms with Crippen LogP contribution >= 0.6 is 0 Å². The summed E-state index contributed by atoms with van der Waals surface area (Å²) in [4.78, 5) is 0. The van der Waals surface area contributed by atoms with Gasteiger partial charge in [-0.25, -0.2) is 0 Å². The van der Waals surface area contributed by atoms with Crippen molar-refractivity contribution in [2.75, 3.05) is 159 Å². The van der Waals surface area contributed by atoms with Crippen LogP contribution in [-0.2, 0) is 56.8 Å². The van der Waals surface area contributed by atoms with Crippen molar-refractivity contribution in [1.29, 1.82) is 0 Å². The lowest BCUT2D eigenvalue weighted by Gasteiger charge is -2.10. The highest BCUT2D eigenvalue weighted by Gasteiger charge is 1.99. The molecule has 1 atom stereocenters. The Morgan fingerprint density at radius 3 is 0.810 bits per heavy atom. The average molecular weight is 611 g/mol. The summed E-state index contributed by atoms with van der Waals surface area (Å²) in [7, 11) is 0. The van der Waals surface area contributed by atoms with Crippen LogP contribution in [0.5, 0.6) is 0 Å². The van der Waals surface area contributed by atoms with E-state index >= 15 is 0 Å². The maximum absolute atomic E-state index is 5.53. The predicted octanol–water partition coefficient (Wildman–Crippen LogP) is 1.86. The summed E-state index contributed by atoms with van der Waals surface area (Å²) in [5.41, 5.74) is 0. The molecule has 12 heteroatoms. The second-order valence-corrected chi connectivity index (χ2v) is 8.97. The fourth-order valence-corrected chi connectivity index (χ4v) is 2.85. The summed E-state index contributed by atoms with van der Waals surface area (Å²) >= 11 is 0. The monoisotopic (exact) mass is 610 g/mol. The molecule has 0 heterocycles. The lowest BCUT2D eigenvalue weighted by Crippen LogP contribution is -2.15. The van der Waals surface area contributed by atoms with Crippen LogP contribution in [0.4, 0.5) is 0 Å². The number of rotatable bonds is 37. The van der Waals surface area contributed by atoms with E-state index in [1.54, 1.807) is 0 Å². The van der Waals surface area contributed by atoms with Gasteiger partial charge >= 0.3 is 0 Å². The molecule has 1 unspecified atom stereocenters. The van der Waals surface area contributed by atoms with Crippen molar-refractivity contribution in [2.24, 2.45) is 5.92 Å². The molecule has 0 aliphatic rings. The first kappa shape index (κ1) is 41.1. The molecular formula is C30H58O12. The molecule has 0 aliphatic heterocycles. The van der Waals surface area contributed by atoms with Gasteiger partial charge in [0.2, 0.25) is 0 Å². The third-order valence-corrected chi connectivity index (χ3v) is 5.38. The summed E-state index contributed by atoms with van der Waals surface area (Å²) in [6.45, 7) is 17.1. The minimum atomic E-state index is 0.309. The zero-order chi connectivity index (χ0) is 30.4. The Labute approximate surface area is 254 Å². The lowest BCUT2D eigenvalue weighted by atomic mass is 10.1. The zero-order valence-corrected chi connectivity index (χ0v) is 26.2. The molecule has 0 radical (unpaired) electrons. The van der Waals surface area contributed by atoms with Gasteiger partial charge in [-0.2, -0.15) is 0 Å². The van der Waals surface area contributed by atoms with Gasteiger partial charge in [0.05, 0.1) is 145 Å². The molecule has 0 saturated heterocycles. The number of hydrogen-bond donors (Lipinski definition) is 0. The topological polar surface area (TPSA) is 111 Å². The largest absolute Gasteiger partial charge is 0.379 e. The van der Waals surface area contributed by atoms with E-state index in [-0.39, 0.29) is 0 Å². The molecule has 0 rings (SSSR count). The highest BCUT2D eigenvalue weighted by molar-refractivity contribution is 4.82. The van der Waals surface area contributed by atoms with Gasteiger partial charge in [0, 0.05) is 6.61 Å². The van der Waals surface area contributed by atoms with Gasteiger partial charge in [0.1, 0.15) is 6.61 Å². The van der Waals surface area contributed by atoms with Gasteiger partial charge in [-0.15, -0.1) is 6.42 Å². The number of ether oxygens (including phenoxy) is 12. The maximum Gasteiger partial charge on any atom is 0.107 e. The van der Waals surface area contributed by atoms with Crippen LogP contribution in [0.3, 0.4) is 0 Å². The Bertz CT molecular complexity index is 535. The van der Waals surface area contributed by atoms with Gasteiger partial charge < -0.3 is 56.8 Å². The third kappa shape index (κ3) is 37.1. The van der Waals surface area contributed by atoms with Crippen LogP contribution in [-0.4, -0.2) is 159 Å². The first-order valence-corrected chi connectivity index (χ1v) is 15.2. The van der Waals surface area contributed by atoms with Crippen LogP contribution in [0.1, 0.15) is 20.3 Å². The van der Waals surface area contributed by atoms with Gasteiger partial charge in [-0.05, 0) is 5.92 Å². The molecule has 0 fully saturated rings. The molecule has 0 bridgehead atoms. The summed E-state index contributed by atoms with van der Waals surface area (Å²) in [5, 5.41) is 0. The Hall–Kier alpha value is -0.920. The highest BCUT2D eigenvalue weighted by atomic mass is 16.6. The van der Waals surface area contributed by atoms with Crippen LogP contribution < -0.4 is 0 Å². The van der Waals surface area contributed by atoms with Crippen molar-refractivity contribution in [2.45, 2.75) is 20.3 Å². The van der Waals surface area contributed by atoms with Gasteiger partial charge in [0.15, 0.2) is 0 Å². The molecule has 12 nitrogen and oxygen atoms in total. The summed E-state index contributed by atoms with van der Waals surface area (Å²) in [6.07, 6.45) is 6.21. The van der Waals surface area contributed by atoms with Crippen molar-refractivity contribution >= 4 is 0 Å². The minimum Gasteiger partial charge on any atom is -0.379 e. The first-order valence-electron chi connectivity index (χ1n) is 15.2. The van der Waals surface area contributed by atoms with Gasteiger partial charge in [-0.3, -0.25) is 0 Å². The Morgan fingerprint density at radius 2 is 0.595 bits per heavy atom. The molecule has 250 valence electrons. The fourth-order valence-electron chi connectivity index (χ4n) is 2.85. The second kappa shape index (κ2) is 38.1. The summed E-state index contributed by atoms with van der Waals surface area (Å²) < 4.78 is 65.1. The Morgan fingerprint density at radius 1 is 0.381 bits per heavy atom. The Balaban J connectivity index is 3.04. The van der Waals surface area contributed by atoms with Gasteiger partial charge in [-0.1, -0.05) is 26.2 Å². The van der Waals surface area contributed by atoms with E-state index in [4.69, 9.17) is 63.3 Å². The van der Waals surface area contributed by atoms with Crippen molar-refractivity contribution in [3.05, 3.63) is 0 Å². The average Bonchev–Trinajstić information content (AvgIpc) is 3.00. The minimum absolute atomic E-state index is 0.309. The van der Waals surface area contributed by atoms with E-state index < -0.39 is 0 Å². The summed E-state index contributed by atoms with van der Waals surface area (Å²) in [6, 6.07) is 0. The normalized spacial score (nSPS) is 12.1. The predicted molar refractivity (Wildman–Crippen MR) is 158 cm³/mol. The summed E-state index contributed by atoms with van der Waals surface area (Å²) in [5.74, 6) is 3.00. The molecule has 0 aliphatic carbocycles. The second-order valence-electron chi connectivity index (χ2n) is 8.97. The molecule has 0 saturated carbocycles. The van der Waals surface area contributed by atoms with Crippen molar-refractivity contribution in [3.63, 3.8) is 0 Å². The molecule has 0 aromatic rings. The van der Waals surface area contributed by atoms with E-state index in [2.05, 4.69) is 19.8 Å². The SMILES string of the molecule is C#CCOCCOCCOCCOCCOCCOCCOCCOCCOCCOCCOCCOCC(C)CC. The van der Waals surface area contributed by atoms with E-state index in [0.717, 1.165) is 13.0 Å². The van der Waals surface area contributed by atoms with Crippen molar-refractivity contribution in [1.82, 2.24) is 0 Å². The van der Waals surface area contributed by atoms with Crippen molar-refractivity contribution in [3.8, 4) is 12.3 Å². The van der Waals surface area contributed by atoms with E-state index in [1.165, 1.54) is 0 Å². The van der Waals surface area contributed by atoms with E-state index in [0.29, 0.717) is 158 Å². The molecule has 0 aromatic carbocycles. The third-order valence-electron chi connectivity index (χ3n) is 5.38. The van der Waals surface area contributed by atoms with Crippen LogP contribution in [0.2, 0.25) is 0 Å². The smallest absolute Gasteiger partial charge is 0.107 e. The number of hydrogen-bond acceptors (Lipinski definition) is 12. The first-order chi connectivity index (χ1) is 20.8. The molecular weight excluding hydrogens is 552 g/mol. The fraction of sp³-hybridized carbons (Fsp3) is 0.933. The van der Waals surface area contributed by atoms with E-state index in [1.807, 2.05) is 0 Å². The van der Waals surface area contributed by atoms with Crippen LogP contribution in [0, 0.1) is 18.3 Å². The molecule has 0 spiro atoms. The lowest BCUT2D eigenvalue weighted by molar-refractivity contribution is -0.0284. The molecule has 0 aromatic heterocycles. The standard InChI is InChI=1S/C30H58O12/c1-4-6-31-7-8-32-9-10-33-11-12-34-13-14-35-15-16-36-17-18-37-19-20-38-21-22-39-23-24-40-25-26-41-27-28-42-29-30(3)5-2/h1,30H,5-29H2,2-3H3. The number of terminal acetylenes is 1. The molecule has 0 amide bonds. The highest BCUT2D eigenvalue weighted by Crippen LogP contribution is 2.00. The van der Waals surface area contributed by atoms with Gasteiger partial charge in [0.25, 0.3) is 0 Å². The molecule has 0 N–H and O–H groups in total. The van der Waals surface area contributed by atoms with Crippen LogP contribution in [0.25, 0.3) is 0 Å². The Kier molecular flexibility index (Phi) is 37.3. The van der Waals surface area contributed by atoms with Crippen LogP contribution in [0.15, 0.2) is 0 Å². The molecule has 42 heavy (non-hydrogen) atoms. The van der Waals surface area contributed by atoms with E-state index in [9.17, 15) is 0 Å². The van der Waals surface area contributed by atoms with Crippen molar-refractivity contribution < 1.29 is 56.8 Å². The zero-order valence-electron chi connectivity index (χ0n) is 26.2. The maximum atomic E-state index is 5.53.